The number of ether oxygens (including phenoxy) is 4. The molecule has 0 aromatic carbocycles. The van der Waals surface area contributed by atoms with E-state index in [-0.39, 0.29) is 24.2 Å². The summed E-state index contributed by atoms with van der Waals surface area (Å²) in [4.78, 5) is 26.4. The van der Waals surface area contributed by atoms with Crippen LogP contribution in [0.2, 0.25) is 0 Å². The Balaban J connectivity index is 1.61. The van der Waals surface area contributed by atoms with Crippen LogP contribution < -0.4 is 0 Å². The third kappa shape index (κ3) is 4.12. The molecule has 5 rings (SSSR count). The number of esters is 2. The third-order valence-corrected chi connectivity index (χ3v) is 9.79. The Bertz CT molecular complexity index is 1190. The first kappa shape index (κ1) is 28.1. The molecule has 39 heavy (non-hydrogen) atoms. The van der Waals surface area contributed by atoms with Gasteiger partial charge in [0, 0.05) is 49.4 Å². The Morgan fingerprint density at radius 1 is 1.31 bits per heavy atom. The van der Waals surface area contributed by atoms with E-state index in [2.05, 4.69) is 19.1 Å². The molecule has 9 nitrogen and oxygen atoms in total. The highest BCUT2D eigenvalue weighted by Crippen LogP contribution is 2.66. The third-order valence-electron chi connectivity index (χ3n) is 9.79. The van der Waals surface area contributed by atoms with Gasteiger partial charge in [-0.3, -0.25) is 0 Å². The minimum Gasteiger partial charge on any atom is -0.457 e. The lowest BCUT2D eigenvalue weighted by Gasteiger charge is -2.53. The average Bonchev–Trinajstić information content (AvgIpc) is 3.36. The second-order valence-electron chi connectivity index (χ2n) is 12.2. The molecule has 1 spiro atoms. The van der Waals surface area contributed by atoms with Crippen molar-refractivity contribution in [1.82, 2.24) is 4.57 Å². The lowest BCUT2D eigenvalue weighted by atomic mass is 9.51. The predicted octanol–water partition coefficient (Wildman–Crippen LogP) is 2.80. The predicted molar refractivity (Wildman–Crippen MR) is 142 cm³/mol. The van der Waals surface area contributed by atoms with Crippen molar-refractivity contribution in [2.24, 2.45) is 36.1 Å². The molecule has 0 amide bonds. The number of aryl methyl sites for hydroxylation is 1. The number of nitrogens with zero attached hydrogens (tertiary/aromatic N) is 1. The van der Waals surface area contributed by atoms with Crippen LogP contribution in [0.4, 0.5) is 0 Å². The van der Waals surface area contributed by atoms with Gasteiger partial charge in [-0.15, -0.1) is 0 Å². The van der Waals surface area contributed by atoms with Crippen LogP contribution in [0.5, 0.6) is 0 Å². The van der Waals surface area contributed by atoms with Crippen molar-refractivity contribution in [3.63, 3.8) is 0 Å². The lowest BCUT2D eigenvalue weighted by Crippen LogP contribution is -2.61. The maximum absolute atomic E-state index is 13.2. The summed E-state index contributed by atoms with van der Waals surface area (Å²) in [7, 11) is 3.25. The van der Waals surface area contributed by atoms with E-state index in [0.29, 0.717) is 5.69 Å². The first-order valence-electron chi connectivity index (χ1n) is 13.8. The van der Waals surface area contributed by atoms with Crippen molar-refractivity contribution >= 4 is 11.9 Å². The summed E-state index contributed by atoms with van der Waals surface area (Å²) < 4.78 is 26.2. The van der Waals surface area contributed by atoms with Gasteiger partial charge in [0.1, 0.15) is 29.6 Å². The van der Waals surface area contributed by atoms with Crippen LogP contribution >= 0.6 is 0 Å². The van der Waals surface area contributed by atoms with Crippen molar-refractivity contribution < 1.29 is 38.7 Å². The largest absolute Gasteiger partial charge is 0.457 e. The highest BCUT2D eigenvalue weighted by atomic mass is 16.6. The number of hydrogen-bond donors (Lipinski definition) is 2. The molecule has 4 aliphatic rings. The fraction of sp³-hybridized carbons (Fsp3) is 0.667. The van der Waals surface area contributed by atoms with Crippen LogP contribution in [-0.4, -0.2) is 76.1 Å². The molecule has 9 heteroatoms. The lowest BCUT2D eigenvalue weighted by molar-refractivity contribution is -0.172. The second kappa shape index (κ2) is 9.87. The maximum atomic E-state index is 13.2. The fourth-order valence-electron chi connectivity index (χ4n) is 7.75. The Labute approximate surface area is 229 Å². The standard InChI is InChI=1S/C30H41NO8/c1-15-13-16(2)30-19(14-21(36-7)28(35)37-23(15)18(4)32)10-11-29(5)25(30)22(33)17(3)24(26(29)39-30)38-27(34)20-9-8-12-31(20)6/h8-13,15,17-19,21-26,32-33H,14H2,1-7H3/b16-13+/t15-,17-,18-,19-,21+,22-,23+,24-,25-,26+,29-,30+/m1/s1. The smallest absolute Gasteiger partial charge is 0.355 e. The normalized spacial score (nSPS) is 45.5. The molecular formula is C30H41NO8. The van der Waals surface area contributed by atoms with E-state index < -0.39 is 65.5 Å². The SMILES string of the molecule is CO[C@H]1C[C@H]2C=C[C@]3(C)[C@H]4[C@H](O)[C@@H](C)[C@@H](OC(=O)c5cccn5C)[C@@H]3O[C@@]24/C(C)=C/[C@@H](C)[C@@H]([C@@H](C)O)OC1=O. The molecule has 0 radical (unpaired) electrons. The number of carbonyl (C=O) groups excluding carboxylic acids is 2. The van der Waals surface area contributed by atoms with Gasteiger partial charge in [-0.25, -0.2) is 9.59 Å². The molecule has 1 aromatic heterocycles. The molecule has 1 aromatic rings. The van der Waals surface area contributed by atoms with E-state index in [1.165, 1.54) is 7.11 Å². The molecule has 4 bridgehead atoms. The zero-order valence-corrected chi connectivity index (χ0v) is 23.7. The molecule has 2 aliphatic carbocycles. The summed E-state index contributed by atoms with van der Waals surface area (Å²) in [6.45, 7) is 9.43. The van der Waals surface area contributed by atoms with E-state index in [1.54, 1.807) is 36.9 Å². The van der Waals surface area contributed by atoms with Gasteiger partial charge in [-0.2, -0.15) is 0 Å². The van der Waals surface area contributed by atoms with Gasteiger partial charge >= 0.3 is 11.9 Å². The first-order chi connectivity index (χ1) is 18.4. The minimum absolute atomic E-state index is 0.270. The zero-order chi connectivity index (χ0) is 28.4. The molecule has 3 heterocycles. The van der Waals surface area contributed by atoms with Gasteiger partial charge < -0.3 is 33.7 Å². The zero-order valence-electron chi connectivity index (χ0n) is 23.7. The minimum atomic E-state index is -0.972. The highest BCUT2D eigenvalue weighted by molar-refractivity contribution is 5.88. The van der Waals surface area contributed by atoms with Crippen molar-refractivity contribution in [3.8, 4) is 0 Å². The first-order valence-corrected chi connectivity index (χ1v) is 13.8. The van der Waals surface area contributed by atoms with Crippen LogP contribution in [0.25, 0.3) is 0 Å². The Kier molecular flexibility index (Phi) is 7.11. The van der Waals surface area contributed by atoms with Gasteiger partial charge in [0.25, 0.3) is 0 Å². The van der Waals surface area contributed by atoms with E-state index >= 15 is 0 Å². The molecule has 2 fully saturated rings. The molecule has 12 atom stereocenters. The van der Waals surface area contributed by atoms with E-state index in [9.17, 15) is 19.8 Å². The van der Waals surface area contributed by atoms with Gasteiger partial charge in [-0.05, 0) is 38.0 Å². The van der Waals surface area contributed by atoms with E-state index in [4.69, 9.17) is 18.9 Å². The molecule has 2 aliphatic heterocycles. The quantitative estimate of drug-likeness (QED) is 0.440. The Morgan fingerprint density at radius 2 is 2.03 bits per heavy atom. The summed E-state index contributed by atoms with van der Waals surface area (Å²) in [5, 5.41) is 22.4. The van der Waals surface area contributed by atoms with Crippen molar-refractivity contribution in [2.75, 3.05) is 7.11 Å². The second-order valence-corrected chi connectivity index (χ2v) is 12.2. The van der Waals surface area contributed by atoms with Gasteiger partial charge in [0.15, 0.2) is 6.10 Å². The number of aliphatic hydroxyl groups excluding tert-OH is 2. The highest BCUT2D eigenvalue weighted by Gasteiger charge is 2.73. The fourth-order valence-corrected chi connectivity index (χ4v) is 7.75. The van der Waals surface area contributed by atoms with Gasteiger partial charge in [0.05, 0.1) is 12.2 Å². The number of aliphatic hydroxyl groups is 2. The number of rotatable bonds is 4. The maximum Gasteiger partial charge on any atom is 0.355 e. The van der Waals surface area contributed by atoms with Crippen LogP contribution in [0, 0.1) is 29.1 Å². The van der Waals surface area contributed by atoms with Crippen LogP contribution in [0.3, 0.4) is 0 Å². The molecule has 214 valence electrons. The average molecular weight is 544 g/mol. The molecule has 2 N–H and O–H groups in total. The van der Waals surface area contributed by atoms with Crippen LogP contribution in [0.1, 0.15) is 51.5 Å². The van der Waals surface area contributed by atoms with E-state index in [0.717, 1.165) is 5.57 Å². The number of carbonyl (C=O) groups is 2. The summed E-state index contributed by atoms with van der Waals surface area (Å²) in [5.74, 6) is -2.39. The van der Waals surface area contributed by atoms with Crippen molar-refractivity contribution in [3.05, 3.63) is 47.8 Å². The summed E-state index contributed by atoms with van der Waals surface area (Å²) >= 11 is 0. The van der Waals surface area contributed by atoms with Gasteiger partial charge in [0.2, 0.25) is 0 Å². The summed E-state index contributed by atoms with van der Waals surface area (Å²) in [6, 6.07) is 3.49. The van der Waals surface area contributed by atoms with E-state index in [1.807, 2.05) is 26.8 Å². The number of cyclic esters (lactones) is 1. The summed E-state index contributed by atoms with van der Waals surface area (Å²) in [6.07, 6.45) is 3.55. The topological polar surface area (TPSA) is 116 Å². The Hall–Kier alpha value is -2.46. The number of hydrogen-bond acceptors (Lipinski definition) is 8. The molecular weight excluding hydrogens is 502 g/mol. The molecule has 1 saturated carbocycles. The van der Waals surface area contributed by atoms with Crippen molar-refractivity contribution in [1.29, 1.82) is 0 Å². The van der Waals surface area contributed by atoms with Crippen LogP contribution in [-0.2, 0) is 30.8 Å². The number of methoxy groups -OCH3 is 1. The monoisotopic (exact) mass is 543 g/mol. The van der Waals surface area contributed by atoms with Crippen molar-refractivity contribution in [2.45, 2.75) is 83.3 Å². The molecule has 0 unspecified atom stereocenters. The van der Waals surface area contributed by atoms with Gasteiger partial charge in [-0.1, -0.05) is 39.0 Å². The number of aromatic nitrogens is 1. The summed E-state index contributed by atoms with van der Waals surface area (Å²) in [5.41, 5.74) is -0.288. The van der Waals surface area contributed by atoms with Crippen LogP contribution in [0.15, 0.2) is 42.1 Å². The Morgan fingerprint density at radius 3 is 2.64 bits per heavy atom. The molecule has 1 saturated heterocycles.